The molecule has 1 aliphatic rings. The zero-order valence-electron chi connectivity index (χ0n) is 9.90. The van der Waals surface area contributed by atoms with E-state index in [9.17, 15) is 20.1 Å². The van der Waals surface area contributed by atoms with Gasteiger partial charge in [-0.05, 0) is 20.8 Å². The van der Waals surface area contributed by atoms with Crippen LogP contribution in [0, 0.1) is 0 Å². The molecule has 5 atom stereocenters. The van der Waals surface area contributed by atoms with Gasteiger partial charge < -0.3 is 29.9 Å². The smallest absolute Gasteiger partial charge is 0.335 e. The van der Waals surface area contributed by atoms with E-state index in [1.165, 1.54) is 0 Å². The van der Waals surface area contributed by atoms with Crippen molar-refractivity contribution in [2.24, 2.45) is 0 Å². The highest BCUT2D eigenvalue weighted by molar-refractivity contribution is 5.73. The fourth-order valence-corrected chi connectivity index (χ4v) is 1.59. The molecule has 0 saturated carbocycles. The number of ether oxygens (including phenoxy) is 2. The van der Waals surface area contributed by atoms with Crippen molar-refractivity contribution >= 4 is 5.97 Å². The Morgan fingerprint density at radius 3 is 2.12 bits per heavy atom. The van der Waals surface area contributed by atoms with Crippen molar-refractivity contribution in [3.05, 3.63) is 0 Å². The summed E-state index contributed by atoms with van der Waals surface area (Å²) >= 11 is 0. The highest BCUT2D eigenvalue weighted by atomic mass is 16.7. The van der Waals surface area contributed by atoms with Crippen LogP contribution in [0.2, 0.25) is 0 Å². The van der Waals surface area contributed by atoms with E-state index in [2.05, 4.69) is 0 Å². The van der Waals surface area contributed by atoms with Crippen LogP contribution in [0.1, 0.15) is 20.8 Å². The van der Waals surface area contributed by atoms with Gasteiger partial charge in [0.1, 0.15) is 18.3 Å². The molecule has 0 aromatic heterocycles. The number of carbonyl (C=O) groups is 1. The van der Waals surface area contributed by atoms with Crippen LogP contribution in [0.25, 0.3) is 0 Å². The van der Waals surface area contributed by atoms with E-state index in [4.69, 9.17) is 14.6 Å². The van der Waals surface area contributed by atoms with Crippen molar-refractivity contribution in [3.8, 4) is 0 Å². The van der Waals surface area contributed by atoms with Crippen LogP contribution in [0.3, 0.4) is 0 Å². The first-order valence-corrected chi connectivity index (χ1v) is 5.24. The predicted octanol–water partition coefficient (Wildman–Crippen LogP) is -1.31. The van der Waals surface area contributed by atoms with E-state index in [1.54, 1.807) is 20.8 Å². The molecule has 1 aliphatic heterocycles. The van der Waals surface area contributed by atoms with Crippen LogP contribution in [-0.4, -0.2) is 62.7 Å². The van der Waals surface area contributed by atoms with Crippen LogP contribution >= 0.6 is 0 Å². The summed E-state index contributed by atoms with van der Waals surface area (Å²) in [5.41, 5.74) is -0.718. The average Bonchev–Trinajstić information content (AvgIpc) is 2.16. The molecule has 1 rings (SSSR count). The van der Waals surface area contributed by atoms with Gasteiger partial charge in [-0.3, -0.25) is 0 Å². The minimum atomic E-state index is -1.74. The second-order valence-electron chi connectivity index (χ2n) is 4.96. The van der Waals surface area contributed by atoms with Gasteiger partial charge in [0.15, 0.2) is 12.4 Å². The van der Waals surface area contributed by atoms with Crippen molar-refractivity contribution in [2.75, 3.05) is 0 Å². The predicted molar refractivity (Wildman–Crippen MR) is 55.2 cm³/mol. The Bertz CT molecular complexity index is 285. The molecule has 1 fully saturated rings. The van der Waals surface area contributed by atoms with Gasteiger partial charge in [-0.25, -0.2) is 4.79 Å². The number of hydrogen-bond acceptors (Lipinski definition) is 6. The molecule has 0 aliphatic carbocycles. The molecule has 4 N–H and O–H groups in total. The lowest BCUT2D eigenvalue weighted by atomic mass is 9.97. The Hall–Kier alpha value is -0.730. The SMILES string of the molecule is CC(C)(C)O[C@@H]1C(C(=O)O)O[C@@H](O)C(O)[C@@H]1O. The molecule has 1 saturated heterocycles. The lowest BCUT2D eigenvalue weighted by Gasteiger charge is -2.41. The largest absolute Gasteiger partial charge is 0.479 e. The van der Waals surface area contributed by atoms with Crippen LogP contribution in [0.15, 0.2) is 0 Å². The van der Waals surface area contributed by atoms with Crippen molar-refractivity contribution in [3.63, 3.8) is 0 Å². The third-order valence-electron chi connectivity index (χ3n) is 2.30. The van der Waals surface area contributed by atoms with Gasteiger partial charge in [0.25, 0.3) is 0 Å². The summed E-state index contributed by atoms with van der Waals surface area (Å²) in [7, 11) is 0. The summed E-state index contributed by atoms with van der Waals surface area (Å²) in [4.78, 5) is 10.9. The first-order chi connectivity index (χ1) is 7.63. The lowest BCUT2D eigenvalue weighted by molar-refractivity contribution is -0.298. The standard InChI is InChI=1S/C10H18O7/c1-10(2,3)17-6-4(11)5(12)9(15)16-7(6)8(13)14/h4-7,9,11-12,15H,1-3H3,(H,13,14)/t4-,5?,6-,7?,9+/m0/s1. The normalized spacial score (nSPS) is 39.1. The quantitative estimate of drug-likeness (QED) is 0.481. The number of carboxylic acids is 1. The topological polar surface area (TPSA) is 116 Å². The number of hydrogen-bond donors (Lipinski definition) is 4. The molecular weight excluding hydrogens is 232 g/mol. The fraction of sp³-hybridized carbons (Fsp3) is 0.900. The first kappa shape index (κ1) is 14.3. The van der Waals surface area contributed by atoms with Crippen LogP contribution in [-0.2, 0) is 14.3 Å². The van der Waals surface area contributed by atoms with E-state index < -0.39 is 42.3 Å². The number of aliphatic hydroxyl groups is 3. The van der Waals surface area contributed by atoms with Gasteiger partial charge in [0.05, 0.1) is 5.60 Å². The van der Waals surface area contributed by atoms with Crippen molar-refractivity contribution in [1.29, 1.82) is 0 Å². The Morgan fingerprint density at radius 1 is 1.18 bits per heavy atom. The van der Waals surface area contributed by atoms with E-state index in [0.29, 0.717) is 0 Å². The Labute approximate surface area is 98.6 Å². The second kappa shape index (κ2) is 4.87. The molecule has 7 heteroatoms. The lowest BCUT2D eigenvalue weighted by Crippen LogP contribution is -2.61. The van der Waals surface area contributed by atoms with Gasteiger partial charge in [-0.15, -0.1) is 0 Å². The van der Waals surface area contributed by atoms with Crippen molar-refractivity contribution in [1.82, 2.24) is 0 Å². The number of aliphatic carboxylic acids is 1. The van der Waals surface area contributed by atoms with Crippen LogP contribution in [0.4, 0.5) is 0 Å². The Balaban J connectivity index is 2.90. The Morgan fingerprint density at radius 2 is 1.71 bits per heavy atom. The van der Waals surface area contributed by atoms with Crippen LogP contribution < -0.4 is 0 Å². The second-order valence-corrected chi connectivity index (χ2v) is 4.96. The highest BCUT2D eigenvalue weighted by Crippen LogP contribution is 2.26. The summed E-state index contributed by atoms with van der Waals surface area (Å²) in [5.74, 6) is -1.37. The molecule has 0 spiro atoms. The molecule has 17 heavy (non-hydrogen) atoms. The van der Waals surface area contributed by atoms with Gasteiger partial charge in [0, 0.05) is 0 Å². The zero-order chi connectivity index (χ0) is 13.4. The molecule has 0 radical (unpaired) electrons. The molecule has 0 aromatic carbocycles. The summed E-state index contributed by atoms with van der Waals surface area (Å²) in [6, 6.07) is 0. The minimum Gasteiger partial charge on any atom is -0.479 e. The molecule has 0 bridgehead atoms. The van der Waals surface area contributed by atoms with Gasteiger partial charge in [-0.1, -0.05) is 0 Å². The maximum atomic E-state index is 10.9. The minimum absolute atomic E-state index is 0.718. The zero-order valence-corrected chi connectivity index (χ0v) is 9.90. The molecule has 0 amide bonds. The molecule has 7 nitrogen and oxygen atoms in total. The van der Waals surface area contributed by atoms with Gasteiger partial charge in [0.2, 0.25) is 0 Å². The Kier molecular flexibility index (Phi) is 4.11. The van der Waals surface area contributed by atoms with Gasteiger partial charge >= 0.3 is 5.97 Å². The highest BCUT2D eigenvalue weighted by Gasteiger charge is 2.49. The number of aliphatic hydroxyl groups excluding tert-OH is 3. The third-order valence-corrected chi connectivity index (χ3v) is 2.30. The van der Waals surface area contributed by atoms with Gasteiger partial charge in [-0.2, -0.15) is 0 Å². The summed E-state index contributed by atoms with van der Waals surface area (Å²) in [6.07, 6.45) is -7.64. The number of carboxylic acid groups (broad SMARTS) is 1. The van der Waals surface area contributed by atoms with E-state index in [0.717, 1.165) is 0 Å². The van der Waals surface area contributed by atoms with E-state index in [1.807, 2.05) is 0 Å². The maximum absolute atomic E-state index is 10.9. The van der Waals surface area contributed by atoms with Crippen LogP contribution in [0.5, 0.6) is 0 Å². The molecule has 0 aromatic rings. The van der Waals surface area contributed by atoms with Crippen molar-refractivity contribution in [2.45, 2.75) is 57.1 Å². The summed E-state index contributed by atoms with van der Waals surface area (Å²) < 4.78 is 10.1. The third kappa shape index (κ3) is 3.36. The first-order valence-electron chi connectivity index (χ1n) is 5.24. The summed E-state index contributed by atoms with van der Waals surface area (Å²) in [6.45, 7) is 5.03. The number of rotatable bonds is 2. The summed E-state index contributed by atoms with van der Waals surface area (Å²) in [5, 5.41) is 37.3. The molecular formula is C10H18O7. The maximum Gasteiger partial charge on any atom is 0.335 e. The van der Waals surface area contributed by atoms with Crippen molar-refractivity contribution < 1.29 is 34.7 Å². The molecule has 2 unspecified atom stereocenters. The molecule has 1 heterocycles. The molecule has 100 valence electrons. The monoisotopic (exact) mass is 250 g/mol. The average molecular weight is 250 g/mol. The van der Waals surface area contributed by atoms with E-state index in [-0.39, 0.29) is 0 Å². The fourth-order valence-electron chi connectivity index (χ4n) is 1.59. The van der Waals surface area contributed by atoms with E-state index >= 15 is 0 Å².